The van der Waals surface area contributed by atoms with Gasteiger partial charge in [0.2, 0.25) is 11.3 Å². The van der Waals surface area contributed by atoms with E-state index in [0.717, 1.165) is 22.2 Å². The summed E-state index contributed by atoms with van der Waals surface area (Å²) in [6.45, 7) is 2.43. The van der Waals surface area contributed by atoms with Gasteiger partial charge in [0.1, 0.15) is 12.3 Å². The van der Waals surface area contributed by atoms with E-state index in [4.69, 9.17) is 9.47 Å². The molecule has 0 spiro atoms. The van der Waals surface area contributed by atoms with Crippen molar-refractivity contribution in [1.29, 1.82) is 0 Å². The van der Waals surface area contributed by atoms with E-state index in [0.29, 0.717) is 18.7 Å². The van der Waals surface area contributed by atoms with E-state index in [1.807, 2.05) is 24.4 Å². The number of carbonyl (C=O) groups is 1. The first-order valence-electron chi connectivity index (χ1n) is 8.67. The Balaban J connectivity index is 1.61. The molecule has 27 heavy (non-hydrogen) atoms. The third-order valence-corrected chi connectivity index (χ3v) is 4.53. The van der Waals surface area contributed by atoms with Gasteiger partial charge < -0.3 is 24.3 Å². The highest BCUT2D eigenvalue weighted by Crippen LogP contribution is 2.23. The number of methoxy groups -OCH3 is 2. The number of rotatable bonds is 7. The number of aromatic amines is 1. The molecule has 3 aromatic rings. The van der Waals surface area contributed by atoms with Gasteiger partial charge in [0.15, 0.2) is 5.75 Å². The first-order valence-corrected chi connectivity index (χ1v) is 8.67. The van der Waals surface area contributed by atoms with E-state index in [9.17, 15) is 9.59 Å². The van der Waals surface area contributed by atoms with Gasteiger partial charge in [-0.3, -0.25) is 9.59 Å². The summed E-state index contributed by atoms with van der Waals surface area (Å²) in [4.78, 5) is 27.2. The Kier molecular flexibility index (Phi) is 5.49. The van der Waals surface area contributed by atoms with Crippen molar-refractivity contribution in [3.63, 3.8) is 0 Å². The Labute approximate surface area is 156 Å². The van der Waals surface area contributed by atoms with Crippen LogP contribution in [0.2, 0.25) is 0 Å². The smallest absolute Gasteiger partial charge is 0.239 e. The molecule has 142 valence electrons. The average Bonchev–Trinajstić information content (AvgIpc) is 3.06. The van der Waals surface area contributed by atoms with Crippen LogP contribution in [-0.2, 0) is 17.8 Å². The zero-order valence-electron chi connectivity index (χ0n) is 15.7. The molecular weight excluding hydrogens is 346 g/mol. The van der Waals surface area contributed by atoms with Crippen molar-refractivity contribution in [3.8, 4) is 11.5 Å². The van der Waals surface area contributed by atoms with E-state index in [1.165, 1.54) is 13.2 Å². The summed E-state index contributed by atoms with van der Waals surface area (Å²) < 4.78 is 12.0. The monoisotopic (exact) mass is 369 g/mol. The summed E-state index contributed by atoms with van der Waals surface area (Å²) in [5, 5.41) is 4.01. The Morgan fingerprint density at radius 2 is 2.04 bits per heavy atom. The molecule has 2 heterocycles. The van der Waals surface area contributed by atoms with Crippen LogP contribution in [0.4, 0.5) is 0 Å². The number of benzene rings is 1. The first-order chi connectivity index (χ1) is 13.0. The molecule has 0 fully saturated rings. The number of amides is 1. The number of aromatic nitrogens is 2. The van der Waals surface area contributed by atoms with Crippen molar-refractivity contribution in [2.24, 2.45) is 0 Å². The highest BCUT2D eigenvalue weighted by Gasteiger charge is 2.09. The number of ether oxygens (including phenoxy) is 2. The molecule has 7 heteroatoms. The Morgan fingerprint density at radius 3 is 2.78 bits per heavy atom. The highest BCUT2D eigenvalue weighted by atomic mass is 16.5. The molecule has 0 saturated heterocycles. The third kappa shape index (κ3) is 4.13. The molecule has 2 aromatic heterocycles. The molecular formula is C20H23N3O4. The molecule has 1 amide bonds. The van der Waals surface area contributed by atoms with Crippen LogP contribution in [0.5, 0.6) is 11.5 Å². The van der Waals surface area contributed by atoms with Gasteiger partial charge >= 0.3 is 0 Å². The SMILES string of the molecule is COc1ccc2[nH]cc(CCNC(=O)Cn3cc(OC)c(=O)cc3C)c2c1. The minimum atomic E-state index is -0.193. The maximum absolute atomic E-state index is 12.3. The zero-order chi connectivity index (χ0) is 19.4. The van der Waals surface area contributed by atoms with E-state index >= 15 is 0 Å². The number of H-pyrrole nitrogens is 1. The van der Waals surface area contributed by atoms with Crippen molar-refractivity contribution in [2.75, 3.05) is 20.8 Å². The van der Waals surface area contributed by atoms with Crippen LogP contribution >= 0.6 is 0 Å². The van der Waals surface area contributed by atoms with Gasteiger partial charge in [-0.25, -0.2) is 0 Å². The largest absolute Gasteiger partial charge is 0.497 e. The normalized spacial score (nSPS) is 10.8. The van der Waals surface area contributed by atoms with Crippen molar-refractivity contribution in [1.82, 2.24) is 14.9 Å². The van der Waals surface area contributed by atoms with E-state index < -0.39 is 0 Å². The van der Waals surface area contributed by atoms with Crippen LogP contribution in [0.25, 0.3) is 10.9 Å². The van der Waals surface area contributed by atoms with Crippen LogP contribution in [0.3, 0.4) is 0 Å². The predicted molar refractivity (Wildman–Crippen MR) is 104 cm³/mol. The Morgan fingerprint density at radius 1 is 1.22 bits per heavy atom. The minimum absolute atomic E-state index is 0.124. The first kappa shape index (κ1) is 18.6. The maximum Gasteiger partial charge on any atom is 0.239 e. The van der Waals surface area contributed by atoms with Crippen LogP contribution in [0.15, 0.2) is 41.5 Å². The van der Waals surface area contributed by atoms with Crippen molar-refractivity contribution in [3.05, 3.63) is 58.1 Å². The summed E-state index contributed by atoms with van der Waals surface area (Å²) in [6.07, 6.45) is 4.21. The second-order valence-corrected chi connectivity index (χ2v) is 6.30. The van der Waals surface area contributed by atoms with E-state index in [-0.39, 0.29) is 23.6 Å². The lowest BCUT2D eigenvalue weighted by Crippen LogP contribution is -2.30. The molecule has 0 aliphatic rings. The molecule has 1 aromatic carbocycles. The quantitative estimate of drug-likeness (QED) is 0.667. The third-order valence-electron chi connectivity index (χ3n) is 4.53. The van der Waals surface area contributed by atoms with Gasteiger partial charge in [0.25, 0.3) is 0 Å². The lowest BCUT2D eigenvalue weighted by atomic mass is 10.1. The second-order valence-electron chi connectivity index (χ2n) is 6.30. The van der Waals surface area contributed by atoms with Gasteiger partial charge in [0, 0.05) is 35.4 Å². The Hall–Kier alpha value is -3.22. The predicted octanol–water partition coefficient (Wildman–Crippen LogP) is 2.01. The number of pyridine rings is 1. The number of fused-ring (bicyclic) bond motifs is 1. The van der Waals surface area contributed by atoms with E-state index in [1.54, 1.807) is 24.8 Å². The molecule has 0 unspecified atom stereocenters. The van der Waals surface area contributed by atoms with Gasteiger partial charge in [-0.2, -0.15) is 0 Å². The summed E-state index contributed by atoms with van der Waals surface area (Å²) >= 11 is 0. The van der Waals surface area contributed by atoms with Gasteiger partial charge in [-0.05, 0) is 37.1 Å². The van der Waals surface area contributed by atoms with Crippen LogP contribution in [-0.4, -0.2) is 36.2 Å². The summed E-state index contributed by atoms with van der Waals surface area (Å²) in [6, 6.07) is 7.33. The van der Waals surface area contributed by atoms with Gasteiger partial charge in [0.05, 0.1) is 20.4 Å². The number of hydrogen-bond acceptors (Lipinski definition) is 4. The van der Waals surface area contributed by atoms with Crippen molar-refractivity contribution in [2.45, 2.75) is 19.9 Å². The van der Waals surface area contributed by atoms with Gasteiger partial charge in [-0.15, -0.1) is 0 Å². The van der Waals surface area contributed by atoms with Crippen molar-refractivity contribution < 1.29 is 14.3 Å². The van der Waals surface area contributed by atoms with Crippen molar-refractivity contribution >= 4 is 16.8 Å². The number of nitrogens with zero attached hydrogens (tertiary/aromatic N) is 1. The number of hydrogen-bond donors (Lipinski definition) is 2. The lowest BCUT2D eigenvalue weighted by molar-refractivity contribution is -0.121. The maximum atomic E-state index is 12.3. The Bertz CT molecular complexity index is 1020. The zero-order valence-corrected chi connectivity index (χ0v) is 15.7. The summed E-state index contributed by atoms with van der Waals surface area (Å²) in [7, 11) is 3.08. The van der Waals surface area contributed by atoms with E-state index in [2.05, 4.69) is 10.3 Å². The number of aryl methyl sites for hydroxylation is 1. The molecule has 0 radical (unpaired) electrons. The topological polar surface area (TPSA) is 85.3 Å². The summed E-state index contributed by atoms with van der Waals surface area (Å²) in [5.41, 5.74) is 2.67. The highest BCUT2D eigenvalue weighted by molar-refractivity contribution is 5.84. The fraction of sp³-hybridized carbons (Fsp3) is 0.300. The average molecular weight is 369 g/mol. The molecule has 7 nitrogen and oxygen atoms in total. The fourth-order valence-electron chi connectivity index (χ4n) is 3.01. The van der Waals surface area contributed by atoms with Crippen LogP contribution < -0.4 is 20.2 Å². The van der Waals surface area contributed by atoms with Crippen LogP contribution in [0, 0.1) is 6.92 Å². The molecule has 2 N–H and O–H groups in total. The summed E-state index contributed by atoms with van der Waals surface area (Å²) in [5.74, 6) is 0.900. The molecule has 0 aliphatic carbocycles. The fourth-order valence-corrected chi connectivity index (χ4v) is 3.01. The molecule has 0 aliphatic heterocycles. The molecule has 3 rings (SSSR count). The molecule has 0 bridgehead atoms. The minimum Gasteiger partial charge on any atom is -0.497 e. The second kappa shape index (κ2) is 7.99. The molecule has 0 atom stereocenters. The molecule has 0 saturated carbocycles. The van der Waals surface area contributed by atoms with Crippen LogP contribution in [0.1, 0.15) is 11.3 Å². The van der Waals surface area contributed by atoms with Gasteiger partial charge in [-0.1, -0.05) is 0 Å². The number of carbonyl (C=O) groups excluding carboxylic acids is 1. The standard InChI is InChI=1S/C20H23N3O4/c1-13-8-18(24)19(27-3)11-23(13)12-20(25)21-7-6-14-10-22-17-5-4-15(26-2)9-16(14)17/h4-5,8-11,22H,6-7,12H2,1-3H3,(H,21,25). The lowest BCUT2D eigenvalue weighted by Gasteiger charge is -2.12. The number of nitrogens with one attached hydrogen (secondary N) is 2.